The Morgan fingerprint density at radius 2 is 2.00 bits per heavy atom. The predicted octanol–water partition coefficient (Wildman–Crippen LogP) is 3.79. The molecule has 0 spiro atoms. The largest absolute Gasteiger partial charge is 0.307 e. The number of nitrogens with zero attached hydrogens (tertiary/aromatic N) is 3. The van der Waals surface area contributed by atoms with Gasteiger partial charge in [-0.05, 0) is 43.9 Å². The molecule has 0 bridgehead atoms. The lowest BCUT2D eigenvalue weighted by Gasteiger charge is -2.09. The van der Waals surface area contributed by atoms with Crippen molar-refractivity contribution in [1.82, 2.24) is 14.8 Å². The molecule has 0 radical (unpaired) electrons. The van der Waals surface area contributed by atoms with Crippen molar-refractivity contribution >= 4 is 15.9 Å². The van der Waals surface area contributed by atoms with Gasteiger partial charge in [-0.2, -0.15) is 0 Å². The summed E-state index contributed by atoms with van der Waals surface area (Å²) in [6.45, 7) is 4.27. The van der Waals surface area contributed by atoms with Crippen molar-refractivity contribution in [2.24, 2.45) is 0 Å². The average molecular weight is 306 g/mol. The summed E-state index contributed by atoms with van der Waals surface area (Å²) < 4.78 is 2.29. The Kier molecular flexibility index (Phi) is 2.98. The van der Waals surface area contributed by atoms with Crippen molar-refractivity contribution in [1.29, 1.82) is 0 Å². The number of hydrogen-bond acceptors (Lipinski definition) is 2. The standard InChI is InChI=1S/C14H16BrN3/c1-9-3-4-11(7-10(9)2)14-17-16-13(8-15)18(14)12-5-6-12/h3-4,7,12H,5-6,8H2,1-2H3. The molecule has 1 fully saturated rings. The Bertz CT molecular complexity index is 585. The number of rotatable bonds is 3. The molecule has 18 heavy (non-hydrogen) atoms. The molecular weight excluding hydrogens is 290 g/mol. The van der Waals surface area contributed by atoms with E-state index >= 15 is 0 Å². The molecular formula is C14H16BrN3. The number of aromatic nitrogens is 3. The normalized spacial score (nSPS) is 15.1. The maximum atomic E-state index is 4.37. The van der Waals surface area contributed by atoms with Crippen LogP contribution in [0.1, 0.15) is 35.8 Å². The van der Waals surface area contributed by atoms with Gasteiger partial charge in [0.05, 0.1) is 5.33 Å². The first-order valence-corrected chi connectivity index (χ1v) is 7.40. The predicted molar refractivity (Wildman–Crippen MR) is 75.8 cm³/mol. The zero-order valence-electron chi connectivity index (χ0n) is 10.7. The first-order valence-electron chi connectivity index (χ1n) is 6.28. The molecule has 2 aromatic rings. The number of aryl methyl sites for hydroxylation is 2. The molecule has 1 heterocycles. The molecule has 1 saturated carbocycles. The van der Waals surface area contributed by atoms with E-state index in [0.29, 0.717) is 6.04 Å². The fourth-order valence-corrected chi connectivity index (χ4v) is 2.59. The minimum Gasteiger partial charge on any atom is -0.307 e. The Morgan fingerprint density at radius 3 is 2.61 bits per heavy atom. The molecule has 1 aromatic carbocycles. The van der Waals surface area contributed by atoms with Crippen LogP contribution < -0.4 is 0 Å². The van der Waals surface area contributed by atoms with Crippen LogP contribution in [-0.4, -0.2) is 14.8 Å². The third-order valence-electron chi connectivity index (χ3n) is 3.56. The van der Waals surface area contributed by atoms with E-state index in [2.05, 4.69) is 62.7 Å². The van der Waals surface area contributed by atoms with E-state index in [1.54, 1.807) is 0 Å². The highest BCUT2D eigenvalue weighted by atomic mass is 79.9. The van der Waals surface area contributed by atoms with Gasteiger partial charge in [-0.3, -0.25) is 0 Å². The van der Waals surface area contributed by atoms with Crippen molar-refractivity contribution < 1.29 is 0 Å². The molecule has 0 amide bonds. The van der Waals surface area contributed by atoms with Crippen LogP contribution in [0.15, 0.2) is 18.2 Å². The molecule has 0 unspecified atom stereocenters. The molecule has 4 heteroatoms. The smallest absolute Gasteiger partial charge is 0.164 e. The van der Waals surface area contributed by atoms with E-state index in [9.17, 15) is 0 Å². The second-order valence-corrected chi connectivity index (χ2v) is 5.53. The first-order chi connectivity index (χ1) is 8.70. The van der Waals surface area contributed by atoms with Gasteiger partial charge >= 0.3 is 0 Å². The molecule has 0 atom stereocenters. The summed E-state index contributed by atoms with van der Waals surface area (Å²) in [6.07, 6.45) is 2.49. The van der Waals surface area contributed by atoms with Crippen molar-refractivity contribution in [2.75, 3.05) is 0 Å². The average Bonchev–Trinajstić information content (AvgIpc) is 3.12. The number of halogens is 1. The third kappa shape index (κ3) is 1.99. The number of alkyl halides is 1. The molecule has 3 rings (SSSR count). The van der Waals surface area contributed by atoms with E-state index in [-0.39, 0.29) is 0 Å². The number of hydrogen-bond donors (Lipinski definition) is 0. The summed E-state index contributed by atoms with van der Waals surface area (Å²) in [4.78, 5) is 0. The van der Waals surface area contributed by atoms with Gasteiger partial charge in [0.15, 0.2) is 5.82 Å². The first kappa shape index (κ1) is 11.9. The second-order valence-electron chi connectivity index (χ2n) is 4.97. The quantitative estimate of drug-likeness (QED) is 0.808. The van der Waals surface area contributed by atoms with Crippen LogP contribution in [0.3, 0.4) is 0 Å². The summed E-state index contributed by atoms with van der Waals surface area (Å²) in [6, 6.07) is 7.10. The molecule has 1 aromatic heterocycles. The van der Waals surface area contributed by atoms with Gasteiger partial charge in [-0.1, -0.05) is 28.1 Å². The monoisotopic (exact) mass is 305 g/mol. The third-order valence-corrected chi connectivity index (χ3v) is 4.06. The van der Waals surface area contributed by atoms with Gasteiger partial charge in [0, 0.05) is 11.6 Å². The van der Waals surface area contributed by atoms with Gasteiger partial charge in [0.1, 0.15) is 5.82 Å². The molecule has 0 saturated heterocycles. The van der Waals surface area contributed by atoms with Crippen molar-refractivity contribution in [3.8, 4) is 11.4 Å². The maximum absolute atomic E-state index is 4.37. The second kappa shape index (κ2) is 4.50. The van der Waals surface area contributed by atoms with Crippen LogP contribution in [0.25, 0.3) is 11.4 Å². The topological polar surface area (TPSA) is 30.7 Å². The van der Waals surface area contributed by atoms with E-state index in [0.717, 1.165) is 17.0 Å². The Morgan fingerprint density at radius 1 is 1.22 bits per heavy atom. The highest BCUT2D eigenvalue weighted by molar-refractivity contribution is 9.08. The Balaban J connectivity index is 2.10. The molecule has 1 aliphatic rings. The van der Waals surface area contributed by atoms with Gasteiger partial charge in [-0.25, -0.2) is 0 Å². The van der Waals surface area contributed by atoms with Crippen molar-refractivity contribution in [2.45, 2.75) is 38.1 Å². The SMILES string of the molecule is Cc1ccc(-c2nnc(CBr)n2C2CC2)cc1C. The van der Waals surface area contributed by atoms with Crippen LogP contribution in [0.5, 0.6) is 0 Å². The van der Waals surface area contributed by atoms with Crippen LogP contribution >= 0.6 is 15.9 Å². The molecule has 94 valence electrons. The summed E-state index contributed by atoms with van der Waals surface area (Å²) in [7, 11) is 0. The highest BCUT2D eigenvalue weighted by Crippen LogP contribution is 2.39. The zero-order chi connectivity index (χ0) is 12.7. The minimum absolute atomic E-state index is 0.601. The van der Waals surface area contributed by atoms with Gasteiger partial charge in [0.2, 0.25) is 0 Å². The summed E-state index contributed by atoms with van der Waals surface area (Å²) in [5.74, 6) is 2.04. The molecule has 0 aliphatic heterocycles. The van der Waals surface area contributed by atoms with E-state index in [1.807, 2.05) is 0 Å². The van der Waals surface area contributed by atoms with Gasteiger partial charge in [-0.15, -0.1) is 10.2 Å². The zero-order valence-corrected chi connectivity index (χ0v) is 12.2. The molecule has 3 nitrogen and oxygen atoms in total. The van der Waals surface area contributed by atoms with Crippen LogP contribution in [0.4, 0.5) is 0 Å². The summed E-state index contributed by atoms with van der Waals surface area (Å²) >= 11 is 3.49. The van der Waals surface area contributed by atoms with Crippen molar-refractivity contribution in [3.63, 3.8) is 0 Å². The fraction of sp³-hybridized carbons (Fsp3) is 0.429. The van der Waals surface area contributed by atoms with Crippen LogP contribution in [-0.2, 0) is 5.33 Å². The van der Waals surface area contributed by atoms with Crippen LogP contribution in [0, 0.1) is 13.8 Å². The van der Waals surface area contributed by atoms with Gasteiger partial charge in [0.25, 0.3) is 0 Å². The minimum atomic E-state index is 0.601. The van der Waals surface area contributed by atoms with Crippen LogP contribution in [0.2, 0.25) is 0 Å². The molecule has 0 N–H and O–H groups in total. The van der Waals surface area contributed by atoms with Crippen molar-refractivity contribution in [3.05, 3.63) is 35.2 Å². The lowest BCUT2D eigenvalue weighted by molar-refractivity contribution is 0.714. The van der Waals surface area contributed by atoms with E-state index in [4.69, 9.17) is 0 Å². The lowest BCUT2D eigenvalue weighted by atomic mass is 10.1. The summed E-state index contributed by atoms with van der Waals surface area (Å²) in [5, 5.41) is 9.43. The highest BCUT2D eigenvalue weighted by Gasteiger charge is 2.29. The number of benzene rings is 1. The maximum Gasteiger partial charge on any atom is 0.164 e. The molecule has 1 aliphatic carbocycles. The summed E-state index contributed by atoms with van der Waals surface area (Å²) in [5.41, 5.74) is 3.79. The Hall–Kier alpha value is -1.16. The fourth-order valence-electron chi connectivity index (χ4n) is 2.21. The van der Waals surface area contributed by atoms with Gasteiger partial charge < -0.3 is 4.57 Å². The van der Waals surface area contributed by atoms with E-state index in [1.165, 1.54) is 29.5 Å². The van der Waals surface area contributed by atoms with E-state index < -0.39 is 0 Å². The lowest BCUT2D eigenvalue weighted by Crippen LogP contribution is -2.02. The Labute approximate surface area is 115 Å².